The third-order valence-electron chi connectivity index (χ3n) is 1.90. The van der Waals surface area contributed by atoms with Crippen LogP contribution in [0.2, 0.25) is 0 Å². The van der Waals surface area contributed by atoms with Crippen molar-refractivity contribution >= 4 is 5.97 Å². The van der Waals surface area contributed by atoms with Gasteiger partial charge in [0.15, 0.2) is 11.5 Å². The SMILES string of the molecule is CCOc1c(CC(=O)[O-])cccc1OC. The first-order valence-corrected chi connectivity index (χ1v) is 4.67. The molecular formula is C11H13O4-. The van der Waals surface area contributed by atoms with E-state index in [4.69, 9.17) is 9.47 Å². The number of ether oxygens (including phenoxy) is 2. The number of carboxylic acids is 1. The van der Waals surface area contributed by atoms with Crippen LogP contribution in [-0.4, -0.2) is 19.7 Å². The molecule has 0 heterocycles. The summed E-state index contributed by atoms with van der Waals surface area (Å²) in [7, 11) is 1.51. The minimum atomic E-state index is -1.13. The van der Waals surface area contributed by atoms with Gasteiger partial charge in [-0.15, -0.1) is 0 Å². The zero-order valence-corrected chi connectivity index (χ0v) is 8.78. The van der Waals surface area contributed by atoms with Crippen LogP contribution in [0.3, 0.4) is 0 Å². The van der Waals surface area contributed by atoms with E-state index in [-0.39, 0.29) is 6.42 Å². The van der Waals surface area contributed by atoms with Crippen molar-refractivity contribution in [2.24, 2.45) is 0 Å². The normalized spacial score (nSPS) is 9.73. The van der Waals surface area contributed by atoms with E-state index in [1.165, 1.54) is 7.11 Å². The molecule has 0 N–H and O–H groups in total. The fourth-order valence-electron chi connectivity index (χ4n) is 1.32. The molecule has 0 saturated heterocycles. The predicted molar refractivity (Wildman–Crippen MR) is 52.9 cm³/mol. The van der Waals surface area contributed by atoms with Crippen molar-refractivity contribution in [3.8, 4) is 11.5 Å². The van der Waals surface area contributed by atoms with Crippen LogP contribution in [0.15, 0.2) is 18.2 Å². The highest BCUT2D eigenvalue weighted by atomic mass is 16.5. The number of carbonyl (C=O) groups excluding carboxylic acids is 1. The van der Waals surface area contributed by atoms with Gasteiger partial charge in [0.05, 0.1) is 13.7 Å². The molecule has 4 heteroatoms. The summed E-state index contributed by atoms with van der Waals surface area (Å²) >= 11 is 0. The molecule has 0 unspecified atom stereocenters. The van der Waals surface area contributed by atoms with E-state index in [1.807, 2.05) is 6.92 Å². The third kappa shape index (κ3) is 2.87. The number of carboxylic acid groups (broad SMARTS) is 1. The molecule has 0 aliphatic heterocycles. The van der Waals surface area contributed by atoms with Crippen LogP contribution in [0.25, 0.3) is 0 Å². The number of aliphatic carboxylic acids is 1. The molecule has 0 bridgehead atoms. The van der Waals surface area contributed by atoms with Gasteiger partial charge in [0.25, 0.3) is 0 Å². The van der Waals surface area contributed by atoms with E-state index < -0.39 is 5.97 Å². The first-order chi connectivity index (χ1) is 7.19. The summed E-state index contributed by atoms with van der Waals surface area (Å²) in [5, 5.41) is 10.5. The average Bonchev–Trinajstić information content (AvgIpc) is 2.20. The molecule has 0 fully saturated rings. The zero-order chi connectivity index (χ0) is 11.3. The Morgan fingerprint density at radius 2 is 2.20 bits per heavy atom. The number of hydrogen-bond acceptors (Lipinski definition) is 4. The van der Waals surface area contributed by atoms with Gasteiger partial charge in [-0.1, -0.05) is 12.1 Å². The first-order valence-electron chi connectivity index (χ1n) is 4.67. The van der Waals surface area contributed by atoms with Gasteiger partial charge in [0.1, 0.15) is 0 Å². The highest BCUT2D eigenvalue weighted by Crippen LogP contribution is 2.31. The highest BCUT2D eigenvalue weighted by Gasteiger charge is 2.09. The standard InChI is InChI=1S/C11H14O4/c1-3-15-11-8(7-10(12)13)5-4-6-9(11)14-2/h4-6H,3,7H2,1-2H3,(H,12,13)/p-1. The molecule has 0 aliphatic rings. The van der Waals surface area contributed by atoms with Crippen molar-refractivity contribution < 1.29 is 19.4 Å². The van der Waals surface area contributed by atoms with Crippen LogP contribution in [-0.2, 0) is 11.2 Å². The molecule has 0 spiro atoms. The van der Waals surface area contributed by atoms with Crippen molar-refractivity contribution in [2.75, 3.05) is 13.7 Å². The second-order valence-electron chi connectivity index (χ2n) is 2.93. The van der Waals surface area contributed by atoms with E-state index in [0.717, 1.165) is 0 Å². The van der Waals surface area contributed by atoms with Crippen LogP contribution >= 0.6 is 0 Å². The smallest absolute Gasteiger partial charge is 0.164 e. The van der Waals surface area contributed by atoms with Gasteiger partial charge in [-0.3, -0.25) is 0 Å². The number of hydrogen-bond donors (Lipinski definition) is 0. The van der Waals surface area contributed by atoms with Crippen LogP contribution < -0.4 is 14.6 Å². The van der Waals surface area contributed by atoms with Gasteiger partial charge in [-0.25, -0.2) is 0 Å². The molecule has 82 valence electrons. The quantitative estimate of drug-likeness (QED) is 0.703. The molecule has 0 radical (unpaired) electrons. The minimum Gasteiger partial charge on any atom is -0.550 e. The van der Waals surface area contributed by atoms with Gasteiger partial charge in [-0.2, -0.15) is 0 Å². The maximum absolute atomic E-state index is 10.5. The number of carbonyl (C=O) groups is 1. The van der Waals surface area contributed by atoms with E-state index >= 15 is 0 Å². The summed E-state index contributed by atoms with van der Waals surface area (Å²) in [5.41, 5.74) is 0.566. The van der Waals surface area contributed by atoms with Crippen molar-refractivity contribution in [3.05, 3.63) is 23.8 Å². The van der Waals surface area contributed by atoms with E-state index in [2.05, 4.69) is 0 Å². The fraction of sp³-hybridized carbons (Fsp3) is 0.364. The topological polar surface area (TPSA) is 58.6 Å². The average molecular weight is 209 g/mol. The second-order valence-corrected chi connectivity index (χ2v) is 2.93. The Kier molecular flexibility index (Phi) is 3.97. The van der Waals surface area contributed by atoms with Gasteiger partial charge in [0, 0.05) is 18.0 Å². The molecule has 1 rings (SSSR count). The Balaban J connectivity index is 3.06. The maximum atomic E-state index is 10.5. The summed E-state index contributed by atoms with van der Waals surface area (Å²) in [6.07, 6.45) is -0.174. The summed E-state index contributed by atoms with van der Waals surface area (Å²) < 4.78 is 10.4. The lowest BCUT2D eigenvalue weighted by Crippen LogP contribution is -2.24. The molecule has 0 aromatic heterocycles. The van der Waals surface area contributed by atoms with Gasteiger partial charge >= 0.3 is 0 Å². The van der Waals surface area contributed by atoms with Crippen LogP contribution in [0.4, 0.5) is 0 Å². The Labute approximate surface area is 88.4 Å². The molecule has 1 aromatic rings. The minimum absolute atomic E-state index is 0.174. The lowest BCUT2D eigenvalue weighted by Gasteiger charge is -2.14. The Morgan fingerprint density at radius 3 is 2.73 bits per heavy atom. The lowest BCUT2D eigenvalue weighted by atomic mass is 10.1. The van der Waals surface area contributed by atoms with E-state index in [9.17, 15) is 9.90 Å². The van der Waals surface area contributed by atoms with Crippen molar-refractivity contribution in [3.63, 3.8) is 0 Å². The van der Waals surface area contributed by atoms with Crippen LogP contribution in [0, 0.1) is 0 Å². The van der Waals surface area contributed by atoms with Gasteiger partial charge in [-0.05, 0) is 13.0 Å². The number of rotatable bonds is 5. The molecular weight excluding hydrogens is 196 g/mol. The van der Waals surface area contributed by atoms with Gasteiger partial charge in [0.2, 0.25) is 0 Å². The molecule has 0 amide bonds. The fourth-order valence-corrected chi connectivity index (χ4v) is 1.32. The van der Waals surface area contributed by atoms with Gasteiger partial charge < -0.3 is 19.4 Å². The summed E-state index contributed by atoms with van der Waals surface area (Å²) in [5.74, 6) is -0.119. The Hall–Kier alpha value is -1.71. The number of methoxy groups -OCH3 is 1. The predicted octanol–water partition coefficient (Wildman–Crippen LogP) is 0.386. The van der Waals surface area contributed by atoms with Crippen molar-refractivity contribution in [1.29, 1.82) is 0 Å². The highest BCUT2D eigenvalue weighted by molar-refractivity contribution is 5.70. The zero-order valence-electron chi connectivity index (χ0n) is 8.78. The molecule has 15 heavy (non-hydrogen) atoms. The summed E-state index contributed by atoms with van der Waals surface area (Å²) in [6.45, 7) is 2.29. The van der Waals surface area contributed by atoms with Crippen molar-refractivity contribution in [2.45, 2.75) is 13.3 Å². The third-order valence-corrected chi connectivity index (χ3v) is 1.90. The Bertz CT molecular complexity index is 346. The van der Waals surface area contributed by atoms with Crippen LogP contribution in [0.1, 0.15) is 12.5 Å². The first kappa shape index (κ1) is 11.4. The molecule has 0 atom stereocenters. The second kappa shape index (κ2) is 5.24. The largest absolute Gasteiger partial charge is 0.550 e. The summed E-state index contributed by atoms with van der Waals surface area (Å²) in [4.78, 5) is 10.5. The van der Waals surface area contributed by atoms with E-state index in [1.54, 1.807) is 18.2 Å². The maximum Gasteiger partial charge on any atom is 0.164 e. The molecule has 4 nitrogen and oxygen atoms in total. The van der Waals surface area contributed by atoms with Crippen LogP contribution in [0.5, 0.6) is 11.5 Å². The number of para-hydroxylation sites is 1. The molecule has 0 saturated carbocycles. The molecule has 1 aromatic carbocycles. The summed E-state index contributed by atoms with van der Waals surface area (Å²) in [6, 6.07) is 5.13. The van der Waals surface area contributed by atoms with Crippen molar-refractivity contribution in [1.82, 2.24) is 0 Å². The number of benzene rings is 1. The molecule has 0 aliphatic carbocycles. The Morgan fingerprint density at radius 1 is 1.47 bits per heavy atom. The van der Waals surface area contributed by atoms with E-state index in [0.29, 0.717) is 23.7 Å². The monoisotopic (exact) mass is 209 g/mol. The lowest BCUT2D eigenvalue weighted by molar-refractivity contribution is -0.304.